The summed E-state index contributed by atoms with van der Waals surface area (Å²) in [4.78, 5) is 0. The van der Waals surface area contributed by atoms with E-state index in [4.69, 9.17) is 17.0 Å². The number of benzene rings is 8. The van der Waals surface area contributed by atoms with Gasteiger partial charge in [0.25, 0.3) is 0 Å². The minimum absolute atomic E-state index is 0.0337. The molecule has 0 heterocycles. The summed E-state index contributed by atoms with van der Waals surface area (Å²) in [6.07, 6.45) is 6.82. The Labute approximate surface area is 338 Å². The molecule has 0 bridgehead atoms. The van der Waals surface area contributed by atoms with E-state index in [9.17, 15) is 0 Å². The van der Waals surface area contributed by atoms with E-state index in [1.54, 1.807) is 0 Å². The van der Waals surface area contributed by atoms with Gasteiger partial charge in [0.15, 0.2) is 0 Å². The van der Waals surface area contributed by atoms with Gasteiger partial charge in [-0.3, -0.25) is 0 Å². The molecule has 4 heteroatoms. The Balaban J connectivity index is 1.20. The van der Waals surface area contributed by atoms with Crippen LogP contribution in [0.4, 0.5) is 0 Å². The van der Waals surface area contributed by atoms with Crippen molar-refractivity contribution in [3.63, 3.8) is 0 Å². The maximum absolute atomic E-state index is 8.83. The quantitative estimate of drug-likeness (QED) is 0.115. The summed E-state index contributed by atoms with van der Waals surface area (Å²) in [5.41, 5.74) is 11.9. The van der Waals surface area contributed by atoms with Crippen LogP contribution < -0.4 is 0 Å². The van der Waals surface area contributed by atoms with Crippen LogP contribution in [0.2, 0.25) is 13.1 Å². The molecule has 56 heavy (non-hydrogen) atoms. The summed E-state index contributed by atoms with van der Waals surface area (Å²) in [6, 6.07) is 54.0. The van der Waals surface area contributed by atoms with Crippen LogP contribution in [0.25, 0.3) is 77.5 Å². The predicted molar refractivity (Wildman–Crippen MR) is 245 cm³/mol. The van der Waals surface area contributed by atoms with Crippen LogP contribution in [0, 0.1) is 0 Å². The second-order valence-electron chi connectivity index (χ2n) is 16.2. The van der Waals surface area contributed by atoms with Crippen LogP contribution in [-0.2, 0) is 15.0 Å². The average molecular weight is 859 g/mol. The first kappa shape index (κ1) is 36.3. The van der Waals surface area contributed by atoms with Crippen LogP contribution >= 0.6 is 17.0 Å². The molecular weight excluding hydrogens is 815 g/mol. The fourth-order valence-corrected chi connectivity index (χ4v) is 40.0. The van der Waals surface area contributed by atoms with Gasteiger partial charge in [0.1, 0.15) is 0 Å². The SMILES string of the molecule is CCC1=Cc2c(-c3cc4ccccc4c4ccccc34)cccc2[CH]1[Zr]([Cl])([Cl])([CH]1C(CC)=Cc2c(-c3cc4ccccc4c4ccccc34)cccc21)=[Si](C)C. The first-order valence-corrected chi connectivity index (χ1v) is 35.4. The van der Waals surface area contributed by atoms with Crippen molar-refractivity contribution in [1.82, 2.24) is 0 Å². The van der Waals surface area contributed by atoms with E-state index in [0.29, 0.717) is 0 Å². The first-order chi connectivity index (χ1) is 27.2. The third-order valence-electron chi connectivity index (χ3n) is 13.2. The van der Waals surface area contributed by atoms with Crippen molar-refractivity contribution >= 4 is 77.7 Å². The zero-order valence-electron chi connectivity index (χ0n) is 32.3. The normalized spacial score (nSPS) is 16.7. The Morgan fingerprint density at radius 1 is 0.446 bits per heavy atom. The zero-order chi connectivity index (χ0) is 38.4. The number of hydrogen-bond donors (Lipinski definition) is 0. The van der Waals surface area contributed by atoms with Gasteiger partial charge in [0.05, 0.1) is 0 Å². The van der Waals surface area contributed by atoms with Crippen LogP contribution in [0.5, 0.6) is 0 Å². The number of fused-ring (bicyclic) bond motifs is 8. The van der Waals surface area contributed by atoms with Crippen molar-refractivity contribution in [3.05, 3.63) is 179 Å². The molecule has 0 saturated carbocycles. The molecule has 0 amide bonds. The predicted octanol–water partition coefficient (Wildman–Crippen LogP) is 16.3. The van der Waals surface area contributed by atoms with Gasteiger partial charge in [-0.05, 0) is 0 Å². The molecular formula is C52H44Cl2SiZr. The molecule has 2 aliphatic carbocycles. The fourth-order valence-electron chi connectivity index (χ4n) is 10.6. The van der Waals surface area contributed by atoms with E-state index >= 15 is 0 Å². The summed E-state index contributed by atoms with van der Waals surface area (Å²) in [5.74, 6) is 0. The van der Waals surface area contributed by atoms with Crippen LogP contribution in [0.15, 0.2) is 157 Å². The average Bonchev–Trinajstić information content (AvgIpc) is 3.83. The monoisotopic (exact) mass is 856 g/mol. The van der Waals surface area contributed by atoms with Gasteiger partial charge in [0, 0.05) is 0 Å². The standard InChI is InChI=1S/2C25H19.C2H6Si.2ClH.Zr/c2*1-2-17-14-18-9-7-13-23(24(18)15-17)25-16-19-8-3-4-10-20(19)21-11-5-6-12-22(21)25;1-3-2;;;/h2*3-16H,2H2,1H3;1-2H3;2*1H;/q;;;;;+2/p-2. The van der Waals surface area contributed by atoms with Crippen LogP contribution in [0.1, 0.15) is 56.2 Å². The van der Waals surface area contributed by atoms with Crippen molar-refractivity contribution in [3.8, 4) is 22.3 Å². The molecule has 2 unspecified atom stereocenters. The molecule has 8 aromatic rings. The van der Waals surface area contributed by atoms with Crippen molar-refractivity contribution in [1.29, 1.82) is 0 Å². The minimum atomic E-state index is -5.00. The summed E-state index contributed by atoms with van der Waals surface area (Å²) >= 11 is -5.00. The number of allylic oxidation sites excluding steroid dienone is 2. The molecule has 0 aliphatic heterocycles. The van der Waals surface area contributed by atoms with Gasteiger partial charge in [-0.2, -0.15) is 0 Å². The molecule has 10 rings (SSSR count). The van der Waals surface area contributed by atoms with E-state index in [-0.39, 0.29) is 7.25 Å². The maximum atomic E-state index is 8.83. The van der Waals surface area contributed by atoms with E-state index in [0.717, 1.165) is 12.8 Å². The molecule has 0 nitrogen and oxygen atoms in total. The molecule has 0 fully saturated rings. The molecule has 0 radical (unpaired) electrons. The van der Waals surface area contributed by atoms with Crippen molar-refractivity contribution in [2.45, 2.75) is 47.0 Å². The van der Waals surface area contributed by atoms with Gasteiger partial charge in [0.2, 0.25) is 0 Å². The van der Waals surface area contributed by atoms with Crippen molar-refractivity contribution in [2.24, 2.45) is 0 Å². The Morgan fingerprint density at radius 3 is 1.21 bits per heavy atom. The molecule has 0 N–H and O–H groups in total. The molecule has 0 aromatic heterocycles. The Morgan fingerprint density at radius 2 is 0.821 bits per heavy atom. The molecule has 274 valence electrons. The second-order valence-corrected chi connectivity index (χ2v) is 54.9. The van der Waals surface area contributed by atoms with Gasteiger partial charge in [-0.1, -0.05) is 0 Å². The third kappa shape index (κ3) is 5.19. The van der Waals surface area contributed by atoms with Gasteiger partial charge >= 0.3 is 341 Å². The molecule has 0 spiro atoms. The van der Waals surface area contributed by atoms with E-state index in [2.05, 4.69) is 185 Å². The van der Waals surface area contributed by atoms with Crippen molar-refractivity contribution < 1.29 is 15.0 Å². The molecule has 2 atom stereocenters. The second kappa shape index (κ2) is 13.5. The van der Waals surface area contributed by atoms with Gasteiger partial charge in [-0.25, -0.2) is 0 Å². The van der Waals surface area contributed by atoms with Crippen LogP contribution in [0.3, 0.4) is 0 Å². The molecule has 0 saturated heterocycles. The summed E-state index contributed by atoms with van der Waals surface area (Å²) in [5, 5.41) is 10.2. The molecule has 2 aliphatic rings. The Hall–Kier alpha value is -4.04. The first-order valence-electron chi connectivity index (χ1n) is 20.1. The number of hydrogen-bond acceptors (Lipinski definition) is 0. The van der Waals surface area contributed by atoms with E-state index in [1.165, 1.54) is 98.7 Å². The fraction of sp³-hybridized carbons (Fsp3) is 0.154. The number of halogens is 2. The summed E-state index contributed by atoms with van der Waals surface area (Å²) in [7, 11) is 17.7. The van der Waals surface area contributed by atoms with Gasteiger partial charge in [-0.15, -0.1) is 0 Å². The van der Waals surface area contributed by atoms with E-state index < -0.39 is 20.4 Å². The van der Waals surface area contributed by atoms with Gasteiger partial charge < -0.3 is 0 Å². The Kier molecular flexibility index (Phi) is 8.77. The Bertz CT molecular complexity index is 2900. The van der Waals surface area contributed by atoms with Crippen molar-refractivity contribution in [2.75, 3.05) is 0 Å². The third-order valence-corrected chi connectivity index (χ3v) is 59.8. The zero-order valence-corrected chi connectivity index (χ0v) is 37.3. The summed E-state index contributed by atoms with van der Waals surface area (Å²) < 4.78 is 0.0674. The topological polar surface area (TPSA) is 0 Å². The van der Waals surface area contributed by atoms with E-state index in [1.807, 2.05) is 0 Å². The number of rotatable bonds is 6. The molecule has 8 aromatic carbocycles. The van der Waals surface area contributed by atoms with Crippen LogP contribution in [-0.4, -0.2) is 5.43 Å². The summed E-state index contributed by atoms with van der Waals surface area (Å²) in [6.45, 7) is 9.46.